The molecule has 0 saturated carbocycles. The van der Waals surface area contributed by atoms with Crippen LogP contribution < -0.4 is 4.74 Å². The smallest absolute Gasteiger partial charge is 0.254 e. The van der Waals surface area contributed by atoms with E-state index >= 15 is 0 Å². The highest BCUT2D eigenvalue weighted by molar-refractivity contribution is 5.94. The molecule has 5 nitrogen and oxygen atoms in total. The van der Waals surface area contributed by atoms with Crippen molar-refractivity contribution in [3.8, 4) is 5.75 Å². The molecule has 3 atom stereocenters. The molecular weight excluding hydrogens is 311 g/mol. The number of likely N-dealkylation sites (tertiary alicyclic amines) is 2. The average Bonchev–Trinajstić information content (AvgIpc) is 3.04. The van der Waals surface area contributed by atoms with Gasteiger partial charge in [0.1, 0.15) is 0 Å². The van der Waals surface area contributed by atoms with Gasteiger partial charge in [0.2, 0.25) is 0 Å². The molecular formula is C18H25FN2O3. The van der Waals surface area contributed by atoms with Crippen molar-refractivity contribution in [2.45, 2.75) is 25.5 Å². The van der Waals surface area contributed by atoms with Gasteiger partial charge in [0.25, 0.3) is 5.91 Å². The Morgan fingerprint density at radius 2 is 2.12 bits per heavy atom. The molecule has 3 rings (SSSR count). The SMILES string of the molecule is CCN1C[C@H]2[C@@H](C1)N(C(=O)c1ccc(OC)c(F)c1)CC[C@H]2OC. The van der Waals surface area contributed by atoms with Crippen LogP contribution in [-0.4, -0.2) is 68.3 Å². The Morgan fingerprint density at radius 1 is 1.33 bits per heavy atom. The standard InChI is InChI=1S/C18H25FN2O3/c1-4-20-10-13-15(11-20)21(8-7-16(13)23-2)18(22)12-5-6-17(24-3)14(19)9-12/h5-6,9,13,15-16H,4,7-8,10-11H2,1-3H3/t13-,15+,16+/m0/s1. The monoisotopic (exact) mass is 336 g/mol. The zero-order chi connectivity index (χ0) is 17.3. The molecule has 2 fully saturated rings. The normalized spacial score (nSPS) is 27.2. The van der Waals surface area contributed by atoms with Crippen LogP contribution in [0.2, 0.25) is 0 Å². The molecule has 2 aliphatic rings. The largest absolute Gasteiger partial charge is 0.494 e. The summed E-state index contributed by atoms with van der Waals surface area (Å²) in [5.41, 5.74) is 0.373. The van der Waals surface area contributed by atoms with Gasteiger partial charge in [-0.2, -0.15) is 0 Å². The Bertz CT molecular complexity index is 610. The second-order valence-electron chi connectivity index (χ2n) is 6.49. The predicted molar refractivity (Wildman–Crippen MR) is 88.8 cm³/mol. The number of amides is 1. The van der Waals surface area contributed by atoms with Crippen LogP contribution in [0.15, 0.2) is 18.2 Å². The molecule has 0 spiro atoms. The molecule has 2 heterocycles. The zero-order valence-corrected chi connectivity index (χ0v) is 14.5. The van der Waals surface area contributed by atoms with Crippen LogP contribution in [0.1, 0.15) is 23.7 Å². The maximum Gasteiger partial charge on any atom is 0.254 e. The van der Waals surface area contributed by atoms with Gasteiger partial charge in [-0.25, -0.2) is 4.39 Å². The summed E-state index contributed by atoms with van der Waals surface area (Å²) in [4.78, 5) is 17.2. The highest BCUT2D eigenvalue weighted by Gasteiger charge is 2.45. The number of halogens is 1. The van der Waals surface area contributed by atoms with Gasteiger partial charge < -0.3 is 19.3 Å². The Morgan fingerprint density at radius 3 is 2.75 bits per heavy atom. The van der Waals surface area contributed by atoms with E-state index in [9.17, 15) is 9.18 Å². The molecule has 0 aliphatic carbocycles. The number of hydrogen-bond donors (Lipinski definition) is 0. The lowest BCUT2D eigenvalue weighted by molar-refractivity contribution is -0.0156. The van der Waals surface area contributed by atoms with Gasteiger partial charge in [-0.3, -0.25) is 4.79 Å². The summed E-state index contributed by atoms with van der Waals surface area (Å²) in [5, 5.41) is 0. The Hall–Kier alpha value is -1.66. The third-order valence-electron chi connectivity index (χ3n) is 5.35. The van der Waals surface area contributed by atoms with E-state index in [-0.39, 0.29) is 23.8 Å². The minimum atomic E-state index is -0.506. The number of nitrogens with zero attached hydrogens (tertiary/aromatic N) is 2. The lowest BCUT2D eigenvalue weighted by Crippen LogP contribution is -2.53. The van der Waals surface area contributed by atoms with Gasteiger partial charge >= 0.3 is 0 Å². The highest BCUT2D eigenvalue weighted by Crippen LogP contribution is 2.33. The minimum absolute atomic E-state index is 0.112. The molecule has 0 aromatic heterocycles. The first-order chi connectivity index (χ1) is 11.6. The number of rotatable bonds is 4. The molecule has 0 radical (unpaired) electrons. The number of hydrogen-bond acceptors (Lipinski definition) is 4. The van der Waals surface area contributed by atoms with Crippen molar-refractivity contribution in [1.29, 1.82) is 0 Å². The number of likely N-dealkylation sites (N-methyl/N-ethyl adjacent to an activating group) is 1. The summed E-state index contributed by atoms with van der Waals surface area (Å²) in [6.07, 6.45) is 1.00. The number of ether oxygens (including phenoxy) is 2. The summed E-state index contributed by atoms with van der Waals surface area (Å²) in [6.45, 7) is 5.53. The second kappa shape index (κ2) is 7.07. The van der Waals surface area contributed by atoms with E-state index < -0.39 is 5.82 Å². The van der Waals surface area contributed by atoms with E-state index in [1.807, 2.05) is 4.90 Å². The third-order valence-corrected chi connectivity index (χ3v) is 5.35. The van der Waals surface area contributed by atoms with Crippen molar-refractivity contribution in [3.63, 3.8) is 0 Å². The maximum absolute atomic E-state index is 14.0. The Labute approximate surface area is 142 Å². The van der Waals surface area contributed by atoms with Gasteiger partial charge in [-0.15, -0.1) is 0 Å². The van der Waals surface area contributed by atoms with E-state index in [0.29, 0.717) is 18.0 Å². The summed E-state index contributed by atoms with van der Waals surface area (Å²) < 4.78 is 24.5. The van der Waals surface area contributed by atoms with Crippen molar-refractivity contribution in [1.82, 2.24) is 9.80 Å². The number of methoxy groups -OCH3 is 2. The first-order valence-electron chi connectivity index (χ1n) is 8.48. The molecule has 24 heavy (non-hydrogen) atoms. The summed E-state index contributed by atoms with van der Waals surface area (Å²) >= 11 is 0. The van der Waals surface area contributed by atoms with Crippen LogP contribution in [0, 0.1) is 11.7 Å². The maximum atomic E-state index is 14.0. The van der Waals surface area contributed by atoms with Crippen molar-refractivity contribution >= 4 is 5.91 Å². The molecule has 6 heteroatoms. The zero-order valence-electron chi connectivity index (χ0n) is 14.5. The topological polar surface area (TPSA) is 42.0 Å². The van der Waals surface area contributed by atoms with E-state index in [4.69, 9.17) is 9.47 Å². The Kier molecular flexibility index (Phi) is 5.06. The van der Waals surface area contributed by atoms with E-state index in [1.165, 1.54) is 19.2 Å². The van der Waals surface area contributed by atoms with Crippen LogP contribution in [0.3, 0.4) is 0 Å². The van der Waals surface area contributed by atoms with Crippen molar-refractivity contribution < 1.29 is 18.7 Å². The number of carbonyl (C=O) groups excluding carboxylic acids is 1. The van der Waals surface area contributed by atoms with Crippen LogP contribution in [0.4, 0.5) is 4.39 Å². The first kappa shape index (κ1) is 17.2. The van der Waals surface area contributed by atoms with E-state index in [0.717, 1.165) is 26.1 Å². The molecule has 0 bridgehead atoms. The van der Waals surface area contributed by atoms with Gasteiger partial charge in [0.15, 0.2) is 11.6 Å². The molecule has 1 aromatic rings. The fourth-order valence-electron chi connectivity index (χ4n) is 4.00. The summed E-state index contributed by atoms with van der Waals surface area (Å²) in [7, 11) is 3.16. The van der Waals surface area contributed by atoms with Crippen molar-refractivity contribution in [3.05, 3.63) is 29.6 Å². The van der Waals surface area contributed by atoms with E-state index in [1.54, 1.807) is 13.2 Å². The van der Waals surface area contributed by atoms with Crippen LogP contribution >= 0.6 is 0 Å². The van der Waals surface area contributed by atoms with Crippen LogP contribution in [-0.2, 0) is 4.74 Å². The molecule has 132 valence electrons. The molecule has 1 aromatic carbocycles. The fourth-order valence-corrected chi connectivity index (χ4v) is 4.00. The fraction of sp³-hybridized carbons (Fsp3) is 0.611. The molecule has 2 saturated heterocycles. The van der Waals surface area contributed by atoms with Crippen molar-refractivity contribution in [2.24, 2.45) is 5.92 Å². The lowest BCUT2D eigenvalue weighted by atomic mass is 9.88. The Balaban J connectivity index is 1.83. The molecule has 1 amide bonds. The third kappa shape index (κ3) is 3.00. The number of fused-ring (bicyclic) bond motifs is 1. The second-order valence-corrected chi connectivity index (χ2v) is 6.49. The van der Waals surface area contributed by atoms with Gasteiger partial charge in [0.05, 0.1) is 19.3 Å². The highest BCUT2D eigenvalue weighted by atomic mass is 19.1. The van der Waals surface area contributed by atoms with E-state index in [2.05, 4.69) is 11.8 Å². The first-order valence-corrected chi connectivity index (χ1v) is 8.48. The molecule has 2 aliphatic heterocycles. The van der Waals surface area contributed by atoms with Crippen LogP contribution in [0.25, 0.3) is 0 Å². The van der Waals surface area contributed by atoms with Gasteiger partial charge in [-0.1, -0.05) is 6.92 Å². The number of benzene rings is 1. The molecule has 0 N–H and O–H groups in total. The molecule has 0 unspecified atom stereocenters. The summed E-state index contributed by atoms with van der Waals surface area (Å²) in [5.74, 6) is -0.149. The van der Waals surface area contributed by atoms with Crippen LogP contribution in [0.5, 0.6) is 5.75 Å². The number of piperidine rings is 1. The number of carbonyl (C=O) groups is 1. The summed E-state index contributed by atoms with van der Waals surface area (Å²) in [6, 6.07) is 4.54. The van der Waals surface area contributed by atoms with Crippen molar-refractivity contribution in [2.75, 3.05) is 40.4 Å². The average molecular weight is 336 g/mol. The van der Waals surface area contributed by atoms with Gasteiger partial charge in [-0.05, 0) is 31.2 Å². The predicted octanol–water partition coefficient (Wildman–Crippen LogP) is 2.02. The minimum Gasteiger partial charge on any atom is -0.494 e. The lowest BCUT2D eigenvalue weighted by Gasteiger charge is -2.41. The quantitative estimate of drug-likeness (QED) is 0.844. The van der Waals surface area contributed by atoms with Gasteiger partial charge in [0, 0.05) is 38.2 Å².